The third-order valence-corrected chi connectivity index (χ3v) is 10.6. The molecule has 0 unspecified atom stereocenters. The number of amides is 2. The molecule has 5 aromatic heterocycles. The van der Waals surface area contributed by atoms with E-state index in [1.54, 1.807) is 46.7 Å². The number of piperazine rings is 1. The van der Waals surface area contributed by atoms with Crippen LogP contribution in [-0.4, -0.2) is 86.8 Å². The lowest BCUT2D eigenvalue weighted by molar-refractivity contribution is -0.137. The summed E-state index contributed by atoms with van der Waals surface area (Å²) < 4.78 is 50.4. The van der Waals surface area contributed by atoms with Gasteiger partial charge in [0.2, 0.25) is 11.7 Å². The molecule has 0 atom stereocenters. The number of nitrogens with one attached hydrogen (secondary N) is 1. The number of ether oxygens (including phenoxy) is 1. The topological polar surface area (TPSA) is 171 Å². The van der Waals surface area contributed by atoms with Crippen molar-refractivity contribution in [3.8, 4) is 17.1 Å². The van der Waals surface area contributed by atoms with Gasteiger partial charge >= 0.3 is 6.18 Å². The molecule has 0 bridgehead atoms. The molecule has 16 nitrogen and oxygen atoms in total. The SMILES string of the molecule is CCc1c(N2CCN(C(=O)c3ncnc(C)c3OCc3ccccc3)CC2)c(=O)n2nc(-c3cncc4c3cnn4C)nc2n1CC(=O)Nc1ccc(C(F)(F)F)cc1Cl. The fraction of sp³-hybridized carbons (Fsp3) is 0.275. The van der Waals surface area contributed by atoms with Gasteiger partial charge in [-0.05, 0) is 37.1 Å². The van der Waals surface area contributed by atoms with E-state index >= 15 is 0 Å². The first-order valence-electron chi connectivity index (χ1n) is 18.8. The molecule has 0 aliphatic carbocycles. The van der Waals surface area contributed by atoms with Crippen LogP contribution in [0.15, 0.2) is 78.2 Å². The van der Waals surface area contributed by atoms with E-state index in [4.69, 9.17) is 21.3 Å². The number of hydrogen-bond donors (Lipinski definition) is 1. The summed E-state index contributed by atoms with van der Waals surface area (Å²) in [5, 5.41) is 11.9. The van der Waals surface area contributed by atoms with E-state index in [-0.39, 0.29) is 84.6 Å². The van der Waals surface area contributed by atoms with Crippen molar-refractivity contribution in [3.63, 3.8) is 0 Å². The summed E-state index contributed by atoms with van der Waals surface area (Å²) >= 11 is 6.18. The molecule has 6 heterocycles. The summed E-state index contributed by atoms with van der Waals surface area (Å²) in [6.45, 7) is 4.26. The summed E-state index contributed by atoms with van der Waals surface area (Å²) in [7, 11) is 1.76. The molecular weight excluding hydrogens is 805 g/mol. The van der Waals surface area contributed by atoms with E-state index in [9.17, 15) is 27.6 Å². The van der Waals surface area contributed by atoms with Gasteiger partial charge in [-0.3, -0.25) is 24.0 Å². The second kappa shape index (κ2) is 16.0. The van der Waals surface area contributed by atoms with Crippen LogP contribution in [0.3, 0.4) is 0 Å². The van der Waals surface area contributed by atoms with E-state index in [0.717, 1.165) is 28.3 Å². The third-order valence-electron chi connectivity index (χ3n) is 10.2. The van der Waals surface area contributed by atoms with Crippen LogP contribution < -0.4 is 20.5 Å². The minimum absolute atomic E-state index is 0.0326. The first-order chi connectivity index (χ1) is 28.8. The lowest BCUT2D eigenvalue weighted by Gasteiger charge is -2.36. The zero-order valence-corrected chi connectivity index (χ0v) is 33.2. The maximum atomic E-state index is 14.6. The molecule has 60 heavy (non-hydrogen) atoms. The van der Waals surface area contributed by atoms with Crippen molar-refractivity contribution in [3.05, 3.63) is 117 Å². The van der Waals surface area contributed by atoms with Crippen LogP contribution in [0.25, 0.3) is 28.1 Å². The van der Waals surface area contributed by atoms with Gasteiger partial charge in [0.05, 0.1) is 51.1 Å². The number of aryl methyl sites for hydroxylation is 2. The smallest absolute Gasteiger partial charge is 0.416 e. The number of halogens is 4. The standard InChI is InChI=1S/C40H36ClF3N12O4/c1-4-30-34(53-12-14-54(15-13-53)37(58)33-35(23(2)46-22-47-33)60-21-24-8-6-5-7-9-24)38(59)56-39(50-36(51-56)27-17-45-19-31-26(27)18-48-52(31)3)55(30)20-32(57)49-29-11-10-25(16-28(29)41)40(42,43)44/h5-11,16-19,22H,4,12-15,20-21H2,1-3H3,(H,49,57). The molecule has 0 spiro atoms. The largest absolute Gasteiger partial charge is 0.485 e. The maximum absolute atomic E-state index is 14.6. The van der Waals surface area contributed by atoms with Gasteiger partial charge in [-0.15, -0.1) is 5.10 Å². The molecule has 20 heteroatoms. The van der Waals surface area contributed by atoms with Gasteiger partial charge < -0.3 is 24.4 Å². The molecule has 1 aliphatic heterocycles. The number of hydrogen-bond acceptors (Lipinski definition) is 11. The Kier molecular flexibility index (Phi) is 10.7. The molecule has 0 saturated carbocycles. The average molecular weight is 841 g/mol. The fourth-order valence-electron chi connectivity index (χ4n) is 7.21. The number of rotatable bonds is 10. The summed E-state index contributed by atoms with van der Waals surface area (Å²) in [5.74, 6) is -0.529. The lowest BCUT2D eigenvalue weighted by Crippen LogP contribution is -2.51. The second-order valence-corrected chi connectivity index (χ2v) is 14.4. The van der Waals surface area contributed by atoms with Crippen molar-refractivity contribution < 1.29 is 27.5 Å². The minimum atomic E-state index is -4.63. The number of fused-ring (bicyclic) bond motifs is 2. The molecule has 308 valence electrons. The summed E-state index contributed by atoms with van der Waals surface area (Å²) in [6.07, 6.45) is 1.78. The minimum Gasteiger partial charge on any atom is -0.485 e. The van der Waals surface area contributed by atoms with E-state index in [0.29, 0.717) is 27.9 Å². The normalized spacial score (nSPS) is 13.3. The van der Waals surface area contributed by atoms with Crippen LogP contribution >= 0.6 is 11.6 Å². The fourth-order valence-corrected chi connectivity index (χ4v) is 7.43. The molecule has 1 saturated heterocycles. The highest BCUT2D eigenvalue weighted by molar-refractivity contribution is 6.33. The van der Waals surface area contributed by atoms with Gasteiger partial charge in [0.1, 0.15) is 25.2 Å². The molecular formula is C40H36ClF3N12O4. The van der Waals surface area contributed by atoms with Crippen LogP contribution in [-0.2, 0) is 37.6 Å². The van der Waals surface area contributed by atoms with Crippen molar-refractivity contribution in [2.24, 2.45) is 7.05 Å². The molecule has 0 radical (unpaired) electrons. The van der Waals surface area contributed by atoms with Gasteiger partial charge in [-0.2, -0.15) is 27.8 Å². The van der Waals surface area contributed by atoms with Gasteiger partial charge in [0, 0.05) is 44.8 Å². The van der Waals surface area contributed by atoms with E-state index in [2.05, 4.69) is 30.5 Å². The quantitative estimate of drug-likeness (QED) is 0.188. The predicted octanol–water partition coefficient (Wildman–Crippen LogP) is 5.35. The van der Waals surface area contributed by atoms with Crippen LogP contribution in [0.4, 0.5) is 24.5 Å². The number of carbonyl (C=O) groups excluding carboxylic acids is 2. The summed E-state index contributed by atoms with van der Waals surface area (Å²) in [4.78, 5) is 63.4. The Morgan fingerprint density at radius 2 is 1.77 bits per heavy atom. The molecule has 1 N–H and O–H groups in total. The molecule has 2 amide bonds. The van der Waals surface area contributed by atoms with Crippen molar-refractivity contribution in [2.45, 2.75) is 39.6 Å². The first-order valence-corrected chi connectivity index (χ1v) is 19.2. The maximum Gasteiger partial charge on any atom is 0.416 e. The van der Waals surface area contributed by atoms with Gasteiger partial charge in [0.25, 0.3) is 11.5 Å². The number of anilines is 2. The monoisotopic (exact) mass is 840 g/mol. The molecule has 1 fully saturated rings. The highest BCUT2D eigenvalue weighted by Gasteiger charge is 2.33. The van der Waals surface area contributed by atoms with Gasteiger partial charge in [0.15, 0.2) is 17.3 Å². The van der Waals surface area contributed by atoms with Crippen molar-refractivity contribution in [1.82, 2.24) is 48.8 Å². The number of nitrogens with zero attached hydrogens (tertiary/aromatic N) is 11. The third kappa shape index (κ3) is 7.58. The average Bonchev–Trinajstić information content (AvgIpc) is 3.86. The predicted molar refractivity (Wildman–Crippen MR) is 215 cm³/mol. The number of pyridine rings is 1. The van der Waals surface area contributed by atoms with Crippen molar-refractivity contribution >= 4 is 51.5 Å². The van der Waals surface area contributed by atoms with Crippen LogP contribution in [0, 0.1) is 6.92 Å². The highest BCUT2D eigenvalue weighted by atomic mass is 35.5. The van der Waals surface area contributed by atoms with Crippen LogP contribution in [0.5, 0.6) is 5.75 Å². The Hall–Kier alpha value is -6.89. The first kappa shape index (κ1) is 39.9. The van der Waals surface area contributed by atoms with E-state index in [1.807, 2.05) is 42.2 Å². The summed E-state index contributed by atoms with van der Waals surface area (Å²) in [6, 6.07) is 12.1. The van der Waals surface area contributed by atoms with Crippen LogP contribution in [0.2, 0.25) is 5.02 Å². The Labute approximate surface area is 344 Å². The zero-order valence-electron chi connectivity index (χ0n) is 32.4. The summed E-state index contributed by atoms with van der Waals surface area (Å²) in [5.41, 5.74) is 1.93. The number of aromatic nitrogens is 9. The Morgan fingerprint density at radius 3 is 2.48 bits per heavy atom. The molecule has 8 rings (SSSR count). The van der Waals surface area contributed by atoms with E-state index in [1.165, 1.54) is 6.33 Å². The number of carbonyl (C=O) groups is 2. The van der Waals surface area contributed by atoms with Gasteiger partial charge in [-0.1, -0.05) is 48.9 Å². The van der Waals surface area contributed by atoms with Crippen molar-refractivity contribution in [2.75, 3.05) is 36.4 Å². The zero-order chi connectivity index (χ0) is 42.3. The number of benzene rings is 2. The molecule has 7 aromatic rings. The Bertz CT molecular complexity index is 2840. The van der Waals surface area contributed by atoms with Crippen molar-refractivity contribution in [1.29, 1.82) is 0 Å². The van der Waals surface area contributed by atoms with Gasteiger partial charge in [-0.25, -0.2) is 9.97 Å². The second-order valence-electron chi connectivity index (χ2n) is 14.0. The number of alkyl halides is 3. The van der Waals surface area contributed by atoms with E-state index < -0.39 is 29.8 Å². The molecule has 2 aromatic carbocycles. The van der Waals surface area contributed by atoms with Crippen LogP contribution in [0.1, 0.15) is 39.9 Å². The highest BCUT2D eigenvalue weighted by Crippen LogP contribution is 2.34. The Morgan fingerprint density at radius 1 is 1.00 bits per heavy atom. The molecule has 1 aliphatic rings. The lowest BCUT2D eigenvalue weighted by atomic mass is 10.2. The Balaban J connectivity index is 1.13.